The van der Waals surface area contributed by atoms with Gasteiger partial charge in [-0.2, -0.15) is 0 Å². The van der Waals surface area contributed by atoms with Crippen molar-refractivity contribution in [1.82, 2.24) is 5.32 Å². The number of thioether (sulfide) groups is 1. The number of likely N-dealkylation sites (tertiary alicyclic amines) is 1. The van der Waals surface area contributed by atoms with Gasteiger partial charge in [-0.1, -0.05) is 6.42 Å². The number of non-ortho nitro benzene ring substituents is 1. The summed E-state index contributed by atoms with van der Waals surface area (Å²) in [5.41, 5.74) is 0.305. The standard InChI is InChI=1S/C20H29N3O3S/c24-19(15-27-18-9-7-17(8-10-18)23(25)26)21-16-20(11-3-1-4-12-20)22-13-5-2-6-14-22/h7-10H,1-6,11-16H2,(H,21,24)/p+1. The third-order valence-electron chi connectivity index (χ3n) is 6.06. The van der Waals surface area contributed by atoms with Crippen molar-refractivity contribution in [3.05, 3.63) is 34.4 Å². The first-order chi connectivity index (χ1) is 13.1. The highest BCUT2D eigenvalue weighted by Crippen LogP contribution is 2.26. The van der Waals surface area contributed by atoms with Crippen LogP contribution in [0.4, 0.5) is 5.69 Å². The number of amides is 1. The molecule has 148 valence electrons. The van der Waals surface area contributed by atoms with Crippen molar-refractivity contribution >= 4 is 23.4 Å². The zero-order valence-electron chi connectivity index (χ0n) is 15.9. The molecule has 7 heteroatoms. The predicted octanol–water partition coefficient (Wildman–Crippen LogP) is 2.57. The molecule has 6 nitrogen and oxygen atoms in total. The minimum atomic E-state index is -0.409. The molecule has 2 N–H and O–H groups in total. The second kappa shape index (κ2) is 9.55. The van der Waals surface area contributed by atoms with Crippen LogP contribution >= 0.6 is 11.8 Å². The number of carbonyl (C=O) groups is 1. The topological polar surface area (TPSA) is 76.7 Å². The van der Waals surface area contributed by atoms with Crippen molar-refractivity contribution in [2.24, 2.45) is 0 Å². The van der Waals surface area contributed by atoms with Gasteiger partial charge in [0.05, 0.1) is 30.3 Å². The molecule has 0 spiro atoms. The van der Waals surface area contributed by atoms with Crippen LogP contribution in [0.5, 0.6) is 0 Å². The highest BCUT2D eigenvalue weighted by Gasteiger charge is 2.42. The van der Waals surface area contributed by atoms with Gasteiger partial charge in [-0.3, -0.25) is 14.9 Å². The molecule has 1 aliphatic carbocycles. The highest BCUT2D eigenvalue weighted by molar-refractivity contribution is 8.00. The molecular formula is C20H30N3O3S+. The molecule has 0 bridgehead atoms. The second-order valence-corrected chi connectivity index (χ2v) is 8.87. The minimum absolute atomic E-state index is 0.0553. The first-order valence-electron chi connectivity index (χ1n) is 10.1. The molecule has 1 aromatic rings. The normalized spacial score (nSPS) is 20.1. The Morgan fingerprint density at radius 3 is 2.33 bits per heavy atom. The molecule has 27 heavy (non-hydrogen) atoms. The number of hydrogen-bond donors (Lipinski definition) is 2. The predicted molar refractivity (Wildman–Crippen MR) is 107 cm³/mol. The molecule has 1 saturated heterocycles. The highest BCUT2D eigenvalue weighted by atomic mass is 32.2. The van der Waals surface area contributed by atoms with Gasteiger partial charge in [0.25, 0.3) is 5.69 Å². The number of rotatable bonds is 7. The summed E-state index contributed by atoms with van der Waals surface area (Å²) in [6.45, 7) is 3.27. The van der Waals surface area contributed by atoms with E-state index in [-0.39, 0.29) is 17.1 Å². The Kier molecular flexibility index (Phi) is 7.13. The van der Waals surface area contributed by atoms with Crippen LogP contribution in [-0.4, -0.2) is 41.8 Å². The van der Waals surface area contributed by atoms with Gasteiger partial charge in [0.15, 0.2) is 0 Å². The van der Waals surface area contributed by atoms with Crippen LogP contribution in [0.2, 0.25) is 0 Å². The Labute approximate surface area is 165 Å². The number of nitro benzene ring substituents is 1. The smallest absolute Gasteiger partial charge is 0.269 e. The van der Waals surface area contributed by atoms with Crippen molar-refractivity contribution in [2.75, 3.05) is 25.4 Å². The molecule has 0 aromatic heterocycles. The van der Waals surface area contributed by atoms with E-state index in [1.165, 1.54) is 88.4 Å². The van der Waals surface area contributed by atoms with E-state index in [9.17, 15) is 14.9 Å². The Hall–Kier alpha value is -1.60. The monoisotopic (exact) mass is 392 g/mol. The van der Waals surface area contributed by atoms with Gasteiger partial charge in [-0.25, -0.2) is 0 Å². The number of nitrogens with one attached hydrogen (secondary N) is 2. The molecule has 0 unspecified atom stereocenters. The average molecular weight is 393 g/mol. The van der Waals surface area contributed by atoms with E-state index < -0.39 is 4.92 Å². The van der Waals surface area contributed by atoms with Crippen molar-refractivity contribution in [3.63, 3.8) is 0 Å². The lowest BCUT2D eigenvalue weighted by atomic mass is 9.79. The van der Waals surface area contributed by atoms with Crippen LogP contribution in [-0.2, 0) is 4.79 Å². The lowest BCUT2D eigenvalue weighted by molar-refractivity contribution is -0.957. The molecule has 1 amide bonds. The largest absolute Gasteiger partial charge is 0.349 e. The Balaban J connectivity index is 1.50. The van der Waals surface area contributed by atoms with Crippen molar-refractivity contribution in [1.29, 1.82) is 0 Å². The van der Waals surface area contributed by atoms with Gasteiger partial charge >= 0.3 is 0 Å². The van der Waals surface area contributed by atoms with Gasteiger partial charge in [0, 0.05) is 29.9 Å². The lowest BCUT2D eigenvalue weighted by Gasteiger charge is -2.45. The molecule has 0 radical (unpaired) electrons. The second-order valence-electron chi connectivity index (χ2n) is 7.82. The maximum atomic E-state index is 12.4. The number of quaternary nitrogens is 1. The molecule has 1 saturated carbocycles. The summed E-state index contributed by atoms with van der Waals surface area (Å²) in [7, 11) is 0. The fraction of sp³-hybridized carbons (Fsp3) is 0.650. The molecule has 1 heterocycles. The molecule has 3 rings (SSSR count). The summed E-state index contributed by atoms with van der Waals surface area (Å²) < 4.78 is 0. The lowest BCUT2D eigenvalue weighted by Crippen LogP contribution is -3.22. The number of piperidine rings is 1. The fourth-order valence-electron chi connectivity index (χ4n) is 4.52. The first-order valence-corrected chi connectivity index (χ1v) is 11.1. The Bertz CT molecular complexity index is 638. The Morgan fingerprint density at radius 1 is 1.07 bits per heavy atom. The van der Waals surface area contributed by atoms with E-state index >= 15 is 0 Å². The summed E-state index contributed by atoms with van der Waals surface area (Å²) >= 11 is 1.43. The van der Waals surface area contributed by atoms with Crippen LogP contribution in [0.3, 0.4) is 0 Å². The van der Waals surface area contributed by atoms with Gasteiger partial charge in [0.1, 0.15) is 5.54 Å². The summed E-state index contributed by atoms with van der Waals surface area (Å²) in [4.78, 5) is 25.3. The third kappa shape index (κ3) is 5.45. The van der Waals surface area contributed by atoms with Crippen LogP contribution in [0.25, 0.3) is 0 Å². The van der Waals surface area contributed by atoms with Crippen molar-refractivity contribution in [2.45, 2.75) is 61.8 Å². The van der Waals surface area contributed by atoms with E-state index in [1.54, 1.807) is 17.0 Å². The maximum absolute atomic E-state index is 12.4. The number of hydrogen-bond acceptors (Lipinski definition) is 4. The van der Waals surface area contributed by atoms with Gasteiger partial charge in [0.2, 0.25) is 5.91 Å². The zero-order valence-corrected chi connectivity index (χ0v) is 16.7. The molecule has 2 fully saturated rings. The Morgan fingerprint density at radius 2 is 1.70 bits per heavy atom. The van der Waals surface area contributed by atoms with E-state index in [2.05, 4.69) is 5.32 Å². The third-order valence-corrected chi connectivity index (χ3v) is 7.07. The number of benzene rings is 1. The number of carbonyl (C=O) groups excluding carboxylic acids is 1. The van der Waals surface area contributed by atoms with Gasteiger partial charge in [-0.15, -0.1) is 11.8 Å². The average Bonchev–Trinajstić information content (AvgIpc) is 2.72. The van der Waals surface area contributed by atoms with E-state index in [0.717, 1.165) is 11.4 Å². The van der Waals surface area contributed by atoms with Crippen LogP contribution in [0.15, 0.2) is 29.2 Å². The van der Waals surface area contributed by atoms with E-state index in [4.69, 9.17) is 0 Å². The molecule has 2 aliphatic rings. The number of nitrogens with zero attached hydrogens (tertiary/aromatic N) is 1. The SMILES string of the molecule is O=C(CSc1ccc([N+](=O)[O-])cc1)NCC1([NH+]2CCCCC2)CCCCC1. The molecular weight excluding hydrogens is 362 g/mol. The summed E-state index contributed by atoms with van der Waals surface area (Å²) in [6.07, 6.45) is 10.3. The van der Waals surface area contributed by atoms with Crippen LogP contribution in [0, 0.1) is 10.1 Å². The zero-order chi connectivity index (χ0) is 19.1. The molecule has 1 aliphatic heterocycles. The first kappa shape index (κ1) is 20.1. The molecule has 0 atom stereocenters. The van der Waals surface area contributed by atoms with Crippen molar-refractivity contribution in [3.8, 4) is 0 Å². The molecule has 1 aromatic carbocycles. The van der Waals surface area contributed by atoms with Gasteiger partial charge < -0.3 is 10.2 Å². The fourth-order valence-corrected chi connectivity index (χ4v) is 5.25. The van der Waals surface area contributed by atoms with E-state index in [0.29, 0.717) is 5.75 Å². The minimum Gasteiger partial charge on any atom is -0.349 e. The summed E-state index contributed by atoms with van der Waals surface area (Å²) in [5.74, 6) is 0.406. The van der Waals surface area contributed by atoms with Crippen LogP contribution < -0.4 is 10.2 Å². The number of nitro groups is 1. The van der Waals surface area contributed by atoms with E-state index in [1.807, 2.05) is 0 Å². The van der Waals surface area contributed by atoms with Gasteiger partial charge in [-0.05, 0) is 44.2 Å². The quantitative estimate of drug-likeness (QED) is 0.425. The van der Waals surface area contributed by atoms with Crippen LogP contribution in [0.1, 0.15) is 51.4 Å². The maximum Gasteiger partial charge on any atom is 0.269 e. The summed E-state index contributed by atoms with van der Waals surface area (Å²) in [6, 6.07) is 6.38. The summed E-state index contributed by atoms with van der Waals surface area (Å²) in [5, 5.41) is 13.9. The van der Waals surface area contributed by atoms with Crippen molar-refractivity contribution < 1.29 is 14.6 Å².